The zero-order valence-electron chi connectivity index (χ0n) is 11.9. The summed E-state index contributed by atoms with van der Waals surface area (Å²) >= 11 is 0. The van der Waals surface area contributed by atoms with E-state index in [0.717, 1.165) is 16.7 Å². The Morgan fingerprint density at radius 2 is 1.56 bits per heavy atom. The summed E-state index contributed by atoms with van der Waals surface area (Å²) in [5.41, 5.74) is 2.61. The van der Waals surface area contributed by atoms with Crippen LogP contribution in [0, 0.1) is 13.8 Å². The van der Waals surface area contributed by atoms with Crippen LogP contribution in [-0.2, 0) is 9.31 Å². The molecule has 2 rings (SSSR count). The summed E-state index contributed by atoms with van der Waals surface area (Å²) in [6.45, 7) is 12.3. The Hall–Kier alpha value is -0.575. The van der Waals surface area contributed by atoms with Gasteiger partial charge < -0.3 is 9.31 Å². The van der Waals surface area contributed by atoms with Crippen molar-refractivity contribution in [3.05, 3.63) is 23.5 Å². The summed E-state index contributed by atoms with van der Waals surface area (Å²) in [6.07, 6.45) is 1.84. The summed E-state index contributed by atoms with van der Waals surface area (Å²) in [6, 6.07) is 2.09. The fraction of sp³-hybridized carbons (Fsp3) is 0.615. The van der Waals surface area contributed by atoms with Crippen LogP contribution in [0.1, 0.15) is 39.0 Å². The van der Waals surface area contributed by atoms with Crippen LogP contribution < -0.4 is 5.46 Å². The Bertz CT molecular complexity index is 433. The van der Waals surface area contributed by atoms with Gasteiger partial charge in [-0.15, -0.1) is 12.4 Å². The van der Waals surface area contributed by atoms with E-state index in [0.29, 0.717) is 0 Å². The molecule has 100 valence electrons. The van der Waals surface area contributed by atoms with Gasteiger partial charge in [0.1, 0.15) is 0 Å². The Morgan fingerprint density at radius 1 is 1.06 bits per heavy atom. The van der Waals surface area contributed by atoms with Gasteiger partial charge in [-0.3, -0.25) is 4.98 Å². The van der Waals surface area contributed by atoms with E-state index >= 15 is 0 Å². The first kappa shape index (κ1) is 15.5. The Kier molecular flexibility index (Phi) is 4.16. The number of halogens is 1. The monoisotopic (exact) mass is 269 g/mol. The molecule has 0 radical (unpaired) electrons. The van der Waals surface area contributed by atoms with Crippen LogP contribution in [0.25, 0.3) is 0 Å². The number of hydrogen-bond acceptors (Lipinski definition) is 3. The minimum atomic E-state index is -0.313. The van der Waals surface area contributed by atoms with E-state index < -0.39 is 0 Å². The van der Waals surface area contributed by atoms with Crippen molar-refractivity contribution in [1.29, 1.82) is 0 Å². The number of hydrogen-bond donors (Lipinski definition) is 0. The lowest BCUT2D eigenvalue weighted by atomic mass is 9.79. The average Bonchev–Trinajstić information content (AvgIpc) is 2.41. The van der Waals surface area contributed by atoms with Crippen LogP contribution in [0.4, 0.5) is 0 Å². The zero-order chi connectivity index (χ0) is 12.8. The van der Waals surface area contributed by atoms with E-state index in [-0.39, 0.29) is 30.7 Å². The van der Waals surface area contributed by atoms with Crippen LogP contribution in [0.15, 0.2) is 12.3 Å². The van der Waals surface area contributed by atoms with E-state index in [1.54, 1.807) is 0 Å². The minimum Gasteiger partial charge on any atom is -0.399 e. The summed E-state index contributed by atoms with van der Waals surface area (Å²) in [5, 5.41) is 0. The molecule has 0 unspecified atom stereocenters. The lowest BCUT2D eigenvalue weighted by Gasteiger charge is -2.32. The predicted octanol–water partition coefficient (Wildman–Crippen LogP) is 2.42. The van der Waals surface area contributed by atoms with Gasteiger partial charge in [-0.2, -0.15) is 0 Å². The lowest BCUT2D eigenvalue weighted by Crippen LogP contribution is -2.41. The van der Waals surface area contributed by atoms with Crippen molar-refractivity contribution in [3.8, 4) is 0 Å². The molecule has 1 saturated heterocycles. The molecular formula is C13H21BClNO2. The first-order chi connectivity index (χ1) is 7.73. The lowest BCUT2D eigenvalue weighted by molar-refractivity contribution is 0.00578. The van der Waals surface area contributed by atoms with Crippen LogP contribution in [0.3, 0.4) is 0 Å². The van der Waals surface area contributed by atoms with Crippen LogP contribution in [0.2, 0.25) is 0 Å². The first-order valence-corrected chi connectivity index (χ1v) is 6.02. The fourth-order valence-electron chi connectivity index (χ4n) is 1.77. The molecule has 0 spiro atoms. The molecule has 2 heterocycles. The van der Waals surface area contributed by atoms with Gasteiger partial charge in [-0.25, -0.2) is 0 Å². The Balaban J connectivity index is 0.00000162. The molecule has 0 aromatic carbocycles. The fourth-order valence-corrected chi connectivity index (χ4v) is 1.77. The molecule has 3 nitrogen and oxygen atoms in total. The zero-order valence-corrected chi connectivity index (χ0v) is 12.7. The molecule has 0 aliphatic carbocycles. The maximum Gasteiger partial charge on any atom is 0.496 e. The highest BCUT2D eigenvalue weighted by Crippen LogP contribution is 2.36. The molecule has 1 aliphatic heterocycles. The number of aromatic nitrogens is 1. The maximum absolute atomic E-state index is 5.98. The molecule has 1 aromatic rings. The topological polar surface area (TPSA) is 31.4 Å². The Morgan fingerprint density at radius 3 is 2.00 bits per heavy atom. The molecule has 0 N–H and O–H groups in total. The maximum atomic E-state index is 5.98. The number of rotatable bonds is 1. The van der Waals surface area contributed by atoms with Gasteiger partial charge in [-0.1, -0.05) is 6.07 Å². The van der Waals surface area contributed by atoms with Crippen molar-refractivity contribution < 1.29 is 9.31 Å². The standard InChI is InChI=1S/C13H20BNO2.ClH/c1-9-7-11(8-15-10(9)2)14-16-12(3,4)13(5,6)17-14;/h7-8H,1-6H3;1H. The van der Waals surface area contributed by atoms with Gasteiger partial charge in [0.25, 0.3) is 0 Å². The van der Waals surface area contributed by atoms with E-state index in [1.807, 2.05) is 13.1 Å². The highest BCUT2D eigenvalue weighted by molar-refractivity contribution is 6.62. The summed E-state index contributed by atoms with van der Waals surface area (Å²) in [5.74, 6) is 0. The molecule has 5 heteroatoms. The number of aryl methyl sites for hydroxylation is 2. The van der Waals surface area contributed by atoms with Gasteiger partial charge in [0, 0.05) is 17.4 Å². The SMILES string of the molecule is Cc1cc(B2OC(C)(C)C(C)(C)O2)cnc1C.Cl. The van der Waals surface area contributed by atoms with E-state index in [4.69, 9.17) is 9.31 Å². The Labute approximate surface area is 116 Å². The van der Waals surface area contributed by atoms with E-state index in [9.17, 15) is 0 Å². The van der Waals surface area contributed by atoms with Gasteiger partial charge in [-0.05, 0) is 47.1 Å². The van der Waals surface area contributed by atoms with Crippen molar-refractivity contribution in [1.82, 2.24) is 4.98 Å². The van der Waals surface area contributed by atoms with Crippen molar-refractivity contribution in [2.45, 2.75) is 52.7 Å². The molecule has 1 aliphatic rings. The molecule has 0 amide bonds. The normalized spacial score (nSPS) is 20.7. The van der Waals surface area contributed by atoms with Gasteiger partial charge in [0.2, 0.25) is 0 Å². The van der Waals surface area contributed by atoms with Crippen LogP contribution >= 0.6 is 12.4 Å². The van der Waals surface area contributed by atoms with Gasteiger partial charge in [0.05, 0.1) is 11.2 Å². The molecule has 0 atom stereocenters. The second-order valence-corrected chi connectivity index (χ2v) is 5.76. The van der Waals surface area contributed by atoms with E-state index in [2.05, 4.69) is 45.7 Å². The molecule has 18 heavy (non-hydrogen) atoms. The molecule has 0 saturated carbocycles. The van der Waals surface area contributed by atoms with Crippen molar-refractivity contribution in [2.75, 3.05) is 0 Å². The largest absolute Gasteiger partial charge is 0.496 e. The predicted molar refractivity (Wildman–Crippen MR) is 76.7 cm³/mol. The first-order valence-electron chi connectivity index (χ1n) is 6.02. The van der Waals surface area contributed by atoms with Gasteiger partial charge >= 0.3 is 7.12 Å². The van der Waals surface area contributed by atoms with Crippen LogP contribution in [0.5, 0.6) is 0 Å². The van der Waals surface area contributed by atoms with E-state index in [1.165, 1.54) is 0 Å². The van der Waals surface area contributed by atoms with Crippen molar-refractivity contribution in [2.24, 2.45) is 0 Å². The molecule has 1 aromatic heterocycles. The third-order valence-electron chi connectivity index (χ3n) is 3.89. The van der Waals surface area contributed by atoms with Gasteiger partial charge in [0.15, 0.2) is 0 Å². The third-order valence-corrected chi connectivity index (χ3v) is 3.89. The quantitative estimate of drug-likeness (QED) is 0.734. The molecule has 0 bridgehead atoms. The number of nitrogens with zero attached hydrogens (tertiary/aromatic N) is 1. The smallest absolute Gasteiger partial charge is 0.399 e. The third kappa shape index (κ3) is 2.56. The summed E-state index contributed by atoms with van der Waals surface area (Å²) in [7, 11) is -0.313. The highest BCUT2D eigenvalue weighted by Gasteiger charge is 2.51. The summed E-state index contributed by atoms with van der Waals surface area (Å²) < 4.78 is 12.0. The summed E-state index contributed by atoms with van der Waals surface area (Å²) in [4.78, 5) is 4.36. The second-order valence-electron chi connectivity index (χ2n) is 5.76. The second kappa shape index (κ2) is 4.84. The van der Waals surface area contributed by atoms with Crippen molar-refractivity contribution in [3.63, 3.8) is 0 Å². The average molecular weight is 270 g/mol. The molecule has 1 fully saturated rings. The highest BCUT2D eigenvalue weighted by atomic mass is 35.5. The molecular weight excluding hydrogens is 248 g/mol. The minimum absolute atomic E-state index is 0. The van der Waals surface area contributed by atoms with Crippen LogP contribution in [-0.4, -0.2) is 23.3 Å². The van der Waals surface area contributed by atoms with Crippen molar-refractivity contribution >= 4 is 25.0 Å². The number of pyridine rings is 1.